The molecule has 11 heteroatoms. The lowest BCUT2D eigenvalue weighted by atomic mass is 9.88. The lowest BCUT2D eigenvalue weighted by Gasteiger charge is -2.28. The number of halogens is 1. The van der Waals surface area contributed by atoms with Crippen molar-refractivity contribution in [2.24, 2.45) is 11.8 Å². The van der Waals surface area contributed by atoms with Crippen molar-refractivity contribution in [1.29, 1.82) is 0 Å². The van der Waals surface area contributed by atoms with Crippen LogP contribution in [0.3, 0.4) is 0 Å². The topological polar surface area (TPSA) is 136 Å². The van der Waals surface area contributed by atoms with Crippen molar-refractivity contribution in [3.8, 4) is 10.6 Å². The van der Waals surface area contributed by atoms with E-state index in [-0.39, 0.29) is 12.4 Å². The van der Waals surface area contributed by atoms with E-state index >= 15 is 0 Å². The maximum Gasteiger partial charge on any atom is 0.224 e. The number of aliphatic hydroxyl groups excluding tert-OH is 2. The standard InChI is InChI=1S/C23H30N6O3S.ClH/c1-11-17(21-28-15-10-24-7-6-16(15)33-21)20(29-22(26-11)25-9-12-4-5-12)27-14-8-13(23(2,3)32)18(30)19(14)31;/h6-7,10,12-14,18-19,30-32H,4-5,8-9H2,1-3H3,(H2,25,26,27,29);1H/t13-,14+,18+,19-;/m0./s1. The van der Waals surface area contributed by atoms with Gasteiger partial charge in [-0.05, 0) is 52.0 Å². The van der Waals surface area contributed by atoms with E-state index in [4.69, 9.17) is 9.97 Å². The first kappa shape index (κ1) is 25.0. The summed E-state index contributed by atoms with van der Waals surface area (Å²) in [5.41, 5.74) is 1.22. The predicted molar refractivity (Wildman–Crippen MR) is 135 cm³/mol. The van der Waals surface area contributed by atoms with Crippen molar-refractivity contribution in [1.82, 2.24) is 19.9 Å². The number of fused-ring (bicyclic) bond motifs is 1. The Labute approximate surface area is 208 Å². The molecule has 0 amide bonds. The normalized spacial score (nSPS) is 24.8. The molecule has 0 unspecified atom stereocenters. The van der Waals surface area contributed by atoms with Crippen LogP contribution in [0, 0.1) is 18.8 Å². The number of aromatic nitrogens is 4. The molecule has 9 nitrogen and oxygen atoms in total. The van der Waals surface area contributed by atoms with Crippen LogP contribution >= 0.6 is 23.7 Å². The van der Waals surface area contributed by atoms with Gasteiger partial charge in [-0.3, -0.25) is 4.98 Å². The van der Waals surface area contributed by atoms with Crippen LogP contribution < -0.4 is 10.6 Å². The van der Waals surface area contributed by atoms with Gasteiger partial charge in [0.15, 0.2) is 0 Å². The second kappa shape index (κ2) is 9.50. The van der Waals surface area contributed by atoms with Crippen LogP contribution in [0.15, 0.2) is 18.5 Å². The predicted octanol–water partition coefficient (Wildman–Crippen LogP) is 2.99. The third-order valence-electron chi connectivity index (χ3n) is 6.65. The first-order valence-corrected chi connectivity index (χ1v) is 12.2. The summed E-state index contributed by atoms with van der Waals surface area (Å²) < 4.78 is 1.01. The Balaban J connectivity index is 0.00000274. The number of hydrogen-bond acceptors (Lipinski definition) is 10. The molecule has 0 radical (unpaired) electrons. The largest absolute Gasteiger partial charge is 0.390 e. The van der Waals surface area contributed by atoms with Gasteiger partial charge in [0, 0.05) is 18.7 Å². The number of aryl methyl sites for hydroxylation is 1. The van der Waals surface area contributed by atoms with E-state index in [9.17, 15) is 15.3 Å². The van der Waals surface area contributed by atoms with E-state index in [1.54, 1.807) is 26.2 Å². The molecule has 3 aromatic heterocycles. The van der Waals surface area contributed by atoms with Gasteiger partial charge in [-0.1, -0.05) is 0 Å². The van der Waals surface area contributed by atoms with Gasteiger partial charge in [0.05, 0.1) is 39.9 Å². The minimum Gasteiger partial charge on any atom is -0.390 e. The second-order valence-corrected chi connectivity index (χ2v) is 10.8. The van der Waals surface area contributed by atoms with E-state index in [1.165, 1.54) is 24.2 Å². The molecular formula is C23H31ClN6O3S. The molecule has 0 aromatic carbocycles. The third-order valence-corrected chi connectivity index (χ3v) is 7.71. The number of thiazole rings is 1. The quantitative estimate of drug-likeness (QED) is 0.327. The maximum atomic E-state index is 10.7. The second-order valence-electron chi connectivity index (χ2n) is 9.77. The molecule has 0 spiro atoms. The minimum atomic E-state index is -1.11. The Bertz CT molecular complexity index is 1130. The molecule has 0 aliphatic heterocycles. The zero-order valence-corrected chi connectivity index (χ0v) is 21.0. The van der Waals surface area contributed by atoms with E-state index in [0.29, 0.717) is 24.1 Å². The number of pyridine rings is 1. The van der Waals surface area contributed by atoms with E-state index in [1.807, 2.05) is 13.0 Å². The number of rotatable bonds is 7. The molecule has 5 N–H and O–H groups in total. The van der Waals surface area contributed by atoms with Crippen molar-refractivity contribution in [2.75, 3.05) is 17.2 Å². The molecule has 4 atom stereocenters. The highest BCUT2D eigenvalue weighted by Gasteiger charge is 2.48. The average molecular weight is 507 g/mol. The van der Waals surface area contributed by atoms with Crippen LogP contribution in [0.5, 0.6) is 0 Å². The summed E-state index contributed by atoms with van der Waals surface area (Å²) in [6.45, 7) is 6.07. The Morgan fingerprint density at radius 2 is 1.91 bits per heavy atom. The molecule has 0 bridgehead atoms. The van der Waals surface area contributed by atoms with Gasteiger partial charge in [0.1, 0.15) is 22.4 Å². The summed E-state index contributed by atoms with van der Waals surface area (Å²) in [4.78, 5) is 18.3. The van der Waals surface area contributed by atoms with Crippen LogP contribution in [0.2, 0.25) is 0 Å². The Morgan fingerprint density at radius 3 is 2.56 bits per heavy atom. The van der Waals surface area contributed by atoms with Gasteiger partial charge in [0.25, 0.3) is 0 Å². The molecule has 3 aromatic rings. The zero-order valence-electron chi connectivity index (χ0n) is 19.4. The number of aliphatic hydroxyl groups is 3. The fraction of sp³-hybridized carbons (Fsp3) is 0.565. The van der Waals surface area contributed by atoms with Gasteiger partial charge >= 0.3 is 0 Å². The first-order chi connectivity index (χ1) is 15.7. The average Bonchev–Trinajstić information content (AvgIpc) is 3.42. The highest BCUT2D eigenvalue weighted by molar-refractivity contribution is 7.21. The SMILES string of the molecule is Cc1nc(NCC2CC2)nc(N[C@@H]2C[C@H](C(C)(C)O)[C@@H](O)[C@H]2O)c1-c1nc2cnccc2s1.Cl. The zero-order chi connectivity index (χ0) is 23.3. The summed E-state index contributed by atoms with van der Waals surface area (Å²) in [6, 6.07) is 1.45. The van der Waals surface area contributed by atoms with Gasteiger partial charge in [-0.2, -0.15) is 4.98 Å². The molecule has 2 aliphatic rings. The molecule has 3 heterocycles. The van der Waals surface area contributed by atoms with Crippen LogP contribution in [0.1, 0.15) is 38.8 Å². The van der Waals surface area contributed by atoms with Crippen molar-refractivity contribution in [3.05, 3.63) is 24.2 Å². The Morgan fingerprint density at radius 1 is 1.15 bits per heavy atom. The molecule has 5 rings (SSSR count). The van der Waals surface area contributed by atoms with E-state index < -0.39 is 29.8 Å². The summed E-state index contributed by atoms with van der Waals surface area (Å²) in [5, 5.41) is 39.2. The molecular weight excluding hydrogens is 476 g/mol. The summed E-state index contributed by atoms with van der Waals surface area (Å²) in [6.07, 6.45) is 4.25. The smallest absolute Gasteiger partial charge is 0.224 e. The minimum absolute atomic E-state index is 0. The maximum absolute atomic E-state index is 10.7. The molecule has 34 heavy (non-hydrogen) atoms. The number of anilines is 2. The fourth-order valence-electron chi connectivity index (χ4n) is 4.51. The lowest BCUT2D eigenvalue weighted by Crippen LogP contribution is -2.40. The third kappa shape index (κ3) is 4.96. The molecule has 0 saturated heterocycles. The van der Waals surface area contributed by atoms with Crippen LogP contribution in [0.4, 0.5) is 11.8 Å². The summed E-state index contributed by atoms with van der Waals surface area (Å²) in [5.74, 6) is 1.29. The van der Waals surface area contributed by atoms with Gasteiger partial charge in [-0.25, -0.2) is 9.97 Å². The fourth-order valence-corrected chi connectivity index (χ4v) is 5.54. The highest BCUT2D eigenvalue weighted by atomic mass is 35.5. The molecule has 2 aliphatic carbocycles. The van der Waals surface area contributed by atoms with Crippen molar-refractivity contribution in [2.45, 2.75) is 63.9 Å². The first-order valence-electron chi connectivity index (χ1n) is 11.4. The monoisotopic (exact) mass is 506 g/mol. The van der Waals surface area contributed by atoms with Crippen LogP contribution in [-0.4, -0.2) is 65.7 Å². The summed E-state index contributed by atoms with van der Waals surface area (Å²) in [7, 11) is 0. The van der Waals surface area contributed by atoms with E-state index in [2.05, 4.69) is 20.6 Å². The Kier molecular flexibility index (Phi) is 6.99. The highest BCUT2D eigenvalue weighted by Crippen LogP contribution is 2.40. The molecule has 2 fully saturated rings. The van der Waals surface area contributed by atoms with Crippen molar-refractivity contribution < 1.29 is 15.3 Å². The lowest BCUT2D eigenvalue weighted by molar-refractivity contribution is -0.0601. The van der Waals surface area contributed by atoms with Gasteiger partial charge < -0.3 is 26.0 Å². The van der Waals surface area contributed by atoms with Crippen LogP contribution in [0.25, 0.3) is 20.8 Å². The number of nitrogens with zero attached hydrogens (tertiary/aromatic N) is 4. The molecule has 184 valence electrons. The number of hydrogen-bond donors (Lipinski definition) is 5. The summed E-state index contributed by atoms with van der Waals surface area (Å²) >= 11 is 1.53. The van der Waals surface area contributed by atoms with Gasteiger partial charge in [0.2, 0.25) is 5.95 Å². The van der Waals surface area contributed by atoms with Gasteiger partial charge in [-0.15, -0.1) is 23.7 Å². The molecule has 2 saturated carbocycles. The Hall–Kier alpha value is -2.11. The van der Waals surface area contributed by atoms with E-state index in [0.717, 1.165) is 33.0 Å². The van der Waals surface area contributed by atoms with Crippen molar-refractivity contribution >= 4 is 45.7 Å². The van der Waals surface area contributed by atoms with Crippen molar-refractivity contribution in [3.63, 3.8) is 0 Å². The number of nitrogens with one attached hydrogen (secondary N) is 2. The van der Waals surface area contributed by atoms with Crippen LogP contribution in [-0.2, 0) is 0 Å².